The van der Waals surface area contributed by atoms with Gasteiger partial charge >= 0.3 is 0 Å². The van der Waals surface area contributed by atoms with E-state index in [1.807, 2.05) is 6.20 Å². The topological polar surface area (TPSA) is 28.2 Å². The molecule has 1 unspecified atom stereocenters. The van der Waals surface area contributed by atoms with Crippen molar-refractivity contribution in [3.8, 4) is 0 Å². The van der Waals surface area contributed by atoms with E-state index in [9.17, 15) is 0 Å². The van der Waals surface area contributed by atoms with Crippen LogP contribution in [0.15, 0.2) is 16.7 Å². The Bertz CT molecular complexity index is 436. The third kappa shape index (κ3) is 4.96. The monoisotopic (exact) mass is 353 g/mol. The third-order valence-electron chi connectivity index (χ3n) is 4.32. The van der Waals surface area contributed by atoms with E-state index >= 15 is 0 Å². The molecule has 118 valence electrons. The highest BCUT2D eigenvalue weighted by Gasteiger charge is 2.19. The number of hydrogen-bond donors (Lipinski definition) is 1. The predicted octanol–water partition coefficient (Wildman–Crippen LogP) is 4.36. The van der Waals surface area contributed by atoms with Crippen LogP contribution in [0, 0.1) is 5.92 Å². The smallest absolute Gasteiger partial charge is 0.133 e. The minimum absolute atomic E-state index is 0.896. The average Bonchev–Trinajstić information content (AvgIpc) is 2.71. The standard InChI is InChI=1S/C17H28BrN3/c1-3-6-14-7-5-9-21(10-8-14)17-15(12-19-4-2)11-16(18)13-20-17/h11,13-14,19H,3-10,12H2,1-2H3. The van der Waals surface area contributed by atoms with Crippen molar-refractivity contribution in [1.82, 2.24) is 10.3 Å². The summed E-state index contributed by atoms with van der Waals surface area (Å²) in [5.74, 6) is 2.09. The first-order chi connectivity index (χ1) is 10.2. The minimum Gasteiger partial charge on any atom is -0.356 e. The molecule has 0 spiro atoms. The van der Waals surface area contributed by atoms with Gasteiger partial charge in [0.25, 0.3) is 0 Å². The number of pyridine rings is 1. The van der Waals surface area contributed by atoms with Gasteiger partial charge in [0.05, 0.1) is 0 Å². The van der Waals surface area contributed by atoms with Gasteiger partial charge in [-0.1, -0.05) is 26.7 Å². The molecule has 2 rings (SSSR count). The molecule has 4 heteroatoms. The highest BCUT2D eigenvalue weighted by Crippen LogP contribution is 2.27. The molecule has 1 aromatic rings. The largest absolute Gasteiger partial charge is 0.356 e. The summed E-state index contributed by atoms with van der Waals surface area (Å²) < 4.78 is 1.07. The molecule has 0 radical (unpaired) electrons. The molecule has 0 aromatic carbocycles. The van der Waals surface area contributed by atoms with Crippen molar-refractivity contribution in [3.05, 3.63) is 22.3 Å². The van der Waals surface area contributed by atoms with Crippen molar-refractivity contribution in [2.45, 2.75) is 52.5 Å². The maximum atomic E-state index is 4.71. The summed E-state index contributed by atoms with van der Waals surface area (Å²) in [4.78, 5) is 7.20. The molecular formula is C17H28BrN3. The molecule has 1 aliphatic rings. The van der Waals surface area contributed by atoms with Gasteiger partial charge in [0.1, 0.15) is 5.82 Å². The Morgan fingerprint density at radius 2 is 2.19 bits per heavy atom. The maximum Gasteiger partial charge on any atom is 0.133 e. The Hall–Kier alpha value is -0.610. The van der Waals surface area contributed by atoms with Crippen LogP contribution in [0.5, 0.6) is 0 Å². The fourth-order valence-corrected chi connectivity index (χ4v) is 3.60. The summed E-state index contributed by atoms with van der Waals surface area (Å²) >= 11 is 3.55. The molecule has 0 saturated carbocycles. The van der Waals surface area contributed by atoms with Crippen LogP contribution in [0.1, 0.15) is 51.5 Å². The van der Waals surface area contributed by atoms with E-state index in [1.165, 1.54) is 43.5 Å². The second-order valence-corrected chi connectivity index (χ2v) is 6.90. The first-order valence-corrected chi connectivity index (χ1v) is 9.14. The van der Waals surface area contributed by atoms with Crippen molar-refractivity contribution in [2.24, 2.45) is 5.92 Å². The van der Waals surface area contributed by atoms with Crippen LogP contribution in [0.4, 0.5) is 5.82 Å². The predicted molar refractivity (Wildman–Crippen MR) is 93.8 cm³/mol. The summed E-state index contributed by atoms with van der Waals surface area (Å²) in [6.45, 7) is 8.63. The van der Waals surface area contributed by atoms with Gasteiger partial charge in [0.2, 0.25) is 0 Å². The SMILES string of the molecule is CCCC1CCCN(c2ncc(Br)cc2CNCC)CC1. The van der Waals surface area contributed by atoms with Crippen LogP contribution in [-0.4, -0.2) is 24.6 Å². The van der Waals surface area contributed by atoms with Gasteiger partial charge in [-0.05, 0) is 53.7 Å². The van der Waals surface area contributed by atoms with Gasteiger partial charge in [0, 0.05) is 35.9 Å². The van der Waals surface area contributed by atoms with E-state index in [1.54, 1.807) is 0 Å². The van der Waals surface area contributed by atoms with Crippen LogP contribution in [0.25, 0.3) is 0 Å². The van der Waals surface area contributed by atoms with Crippen LogP contribution < -0.4 is 10.2 Å². The van der Waals surface area contributed by atoms with Crippen LogP contribution in [0.2, 0.25) is 0 Å². The Labute approximate surface area is 137 Å². The molecule has 3 nitrogen and oxygen atoms in total. The zero-order valence-corrected chi connectivity index (χ0v) is 15.0. The third-order valence-corrected chi connectivity index (χ3v) is 4.75. The van der Waals surface area contributed by atoms with Gasteiger partial charge in [-0.3, -0.25) is 0 Å². The normalized spacial score (nSPS) is 19.6. The second-order valence-electron chi connectivity index (χ2n) is 5.99. The molecule has 1 fully saturated rings. The number of nitrogens with zero attached hydrogens (tertiary/aromatic N) is 2. The molecular weight excluding hydrogens is 326 g/mol. The lowest BCUT2D eigenvalue weighted by Crippen LogP contribution is -2.27. The second kappa shape index (κ2) is 8.74. The molecule has 0 aliphatic carbocycles. The Kier molecular flexibility index (Phi) is 6.97. The number of rotatable bonds is 6. The fourth-order valence-electron chi connectivity index (χ4n) is 3.22. The lowest BCUT2D eigenvalue weighted by molar-refractivity contribution is 0.435. The maximum absolute atomic E-state index is 4.71. The summed E-state index contributed by atoms with van der Waals surface area (Å²) in [6, 6.07) is 2.21. The van der Waals surface area contributed by atoms with E-state index < -0.39 is 0 Å². The lowest BCUT2D eigenvalue weighted by atomic mass is 9.96. The van der Waals surface area contributed by atoms with E-state index in [0.29, 0.717) is 0 Å². The highest BCUT2D eigenvalue weighted by molar-refractivity contribution is 9.10. The number of hydrogen-bond acceptors (Lipinski definition) is 3. The Morgan fingerprint density at radius 3 is 2.95 bits per heavy atom. The summed E-state index contributed by atoms with van der Waals surface area (Å²) in [5.41, 5.74) is 1.31. The molecule has 1 aromatic heterocycles. The number of halogens is 1. The van der Waals surface area contributed by atoms with Gasteiger partial charge in [-0.15, -0.1) is 0 Å². The van der Waals surface area contributed by atoms with E-state index in [4.69, 9.17) is 4.98 Å². The zero-order valence-electron chi connectivity index (χ0n) is 13.4. The Morgan fingerprint density at radius 1 is 1.33 bits per heavy atom. The van der Waals surface area contributed by atoms with Crippen molar-refractivity contribution in [2.75, 3.05) is 24.5 Å². The van der Waals surface area contributed by atoms with Gasteiger partial charge in [0.15, 0.2) is 0 Å². The van der Waals surface area contributed by atoms with E-state index in [2.05, 4.69) is 46.1 Å². The first-order valence-electron chi connectivity index (χ1n) is 8.34. The first kappa shape index (κ1) is 16.8. The summed E-state index contributed by atoms with van der Waals surface area (Å²) in [7, 11) is 0. The molecule has 21 heavy (non-hydrogen) atoms. The van der Waals surface area contributed by atoms with Gasteiger partial charge in [-0.2, -0.15) is 0 Å². The Balaban J connectivity index is 2.09. The molecule has 0 amide bonds. The molecule has 1 saturated heterocycles. The quantitative estimate of drug-likeness (QED) is 0.823. The van der Waals surface area contributed by atoms with E-state index in [0.717, 1.165) is 36.6 Å². The lowest BCUT2D eigenvalue weighted by Gasteiger charge is -2.24. The number of aromatic nitrogens is 1. The zero-order chi connectivity index (χ0) is 15.1. The summed E-state index contributed by atoms with van der Waals surface area (Å²) in [5, 5.41) is 3.43. The van der Waals surface area contributed by atoms with Crippen LogP contribution >= 0.6 is 15.9 Å². The highest BCUT2D eigenvalue weighted by atomic mass is 79.9. The van der Waals surface area contributed by atoms with Crippen molar-refractivity contribution < 1.29 is 0 Å². The average molecular weight is 354 g/mol. The molecule has 0 bridgehead atoms. The van der Waals surface area contributed by atoms with Crippen LogP contribution in [0.3, 0.4) is 0 Å². The number of anilines is 1. The summed E-state index contributed by atoms with van der Waals surface area (Å²) in [6.07, 6.45) is 8.61. The number of nitrogens with one attached hydrogen (secondary N) is 1. The fraction of sp³-hybridized carbons (Fsp3) is 0.706. The van der Waals surface area contributed by atoms with Gasteiger partial charge in [-0.25, -0.2) is 4.98 Å². The van der Waals surface area contributed by atoms with Crippen LogP contribution in [-0.2, 0) is 6.54 Å². The van der Waals surface area contributed by atoms with E-state index in [-0.39, 0.29) is 0 Å². The minimum atomic E-state index is 0.896. The molecule has 1 aliphatic heterocycles. The van der Waals surface area contributed by atoms with Crippen molar-refractivity contribution >= 4 is 21.7 Å². The molecule has 1 atom stereocenters. The molecule has 2 heterocycles. The van der Waals surface area contributed by atoms with Crippen molar-refractivity contribution in [3.63, 3.8) is 0 Å². The van der Waals surface area contributed by atoms with Crippen molar-refractivity contribution in [1.29, 1.82) is 0 Å². The molecule has 1 N–H and O–H groups in total. The van der Waals surface area contributed by atoms with Gasteiger partial charge < -0.3 is 10.2 Å².